The Morgan fingerprint density at radius 2 is 1.70 bits per heavy atom. The Balaban J connectivity index is 1.73. The molecule has 1 N–H and O–H groups in total. The zero-order valence-electron chi connectivity index (χ0n) is 16.5. The van der Waals surface area contributed by atoms with Crippen LogP contribution in [-0.4, -0.2) is 27.8 Å². The number of para-hydroxylation sites is 1. The first-order valence-electron chi connectivity index (χ1n) is 9.29. The van der Waals surface area contributed by atoms with Crippen molar-refractivity contribution in [1.82, 2.24) is 14.8 Å². The Kier molecular flexibility index (Phi) is 5.63. The monoisotopic (exact) mass is 462 g/mol. The maximum absolute atomic E-state index is 12.8. The van der Waals surface area contributed by atoms with E-state index in [2.05, 4.69) is 31.3 Å². The number of anilines is 1. The Labute approximate surface area is 182 Å². The number of benzene rings is 3. The smallest absolute Gasteiger partial charge is 0.295 e. The lowest BCUT2D eigenvalue weighted by molar-refractivity contribution is 0.101. The Bertz CT molecular complexity index is 1180. The van der Waals surface area contributed by atoms with Gasteiger partial charge in [-0.25, -0.2) is 9.67 Å². The molecule has 0 atom stereocenters. The summed E-state index contributed by atoms with van der Waals surface area (Å²) < 4.78 is 7.82. The van der Waals surface area contributed by atoms with Crippen molar-refractivity contribution in [3.63, 3.8) is 0 Å². The first-order valence-corrected chi connectivity index (χ1v) is 10.1. The third kappa shape index (κ3) is 4.11. The molecule has 0 unspecified atom stereocenters. The molecule has 7 heteroatoms. The lowest BCUT2D eigenvalue weighted by atomic mass is 10.2. The van der Waals surface area contributed by atoms with E-state index >= 15 is 0 Å². The normalized spacial score (nSPS) is 10.6. The van der Waals surface area contributed by atoms with Gasteiger partial charge in [-0.05, 0) is 55.0 Å². The van der Waals surface area contributed by atoms with E-state index in [9.17, 15) is 4.79 Å². The fourth-order valence-electron chi connectivity index (χ4n) is 3.02. The van der Waals surface area contributed by atoms with Gasteiger partial charge in [-0.3, -0.25) is 4.79 Å². The minimum atomic E-state index is -0.383. The van der Waals surface area contributed by atoms with Gasteiger partial charge in [0.1, 0.15) is 5.75 Å². The number of carbonyl (C=O) groups excluding carboxylic acids is 1. The number of halogens is 1. The summed E-state index contributed by atoms with van der Waals surface area (Å²) in [5.41, 5.74) is 3.39. The van der Waals surface area contributed by atoms with Crippen molar-refractivity contribution >= 4 is 27.5 Å². The largest absolute Gasteiger partial charge is 0.497 e. The molecule has 4 rings (SSSR count). The van der Waals surface area contributed by atoms with Crippen LogP contribution >= 0.6 is 15.9 Å². The molecule has 150 valence electrons. The van der Waals surface area contributed by atoms with Gasteiger partial charge in [0.25, 0.3) is 5.91 Å². The topological polar surface area (TPSA) is 69.0 Å². The van der Waals surface area contributed by atoms with Gasteiger partial charge >= 0.3 is 0 Å². The molecular weight excluding hydrogens is 444 g/mol. The molecule has 0 aliphatic carbocycles. The lowest BCUT2D eigenvalue weighted by Gasteiger charge is -2.08. The number of amides is 1. The van der Waals surface area contributed by atoms with Crippen LogP contribution < -0.4 is 10.1 Å². The second-order valence-electron chi connectivity index (χ2n) is 6.65. The molecule has 0 aliphatic heterocycles. The summed E-state index contributed by atoms with van der Waals surface area (Å²) in [5, 5.41) is 7.36. The van der Waals surface area contributed by atoms with Crippen molar-refractivity contribution in [3.05, 3.63) is 88.7 Å². The fourth-order valence-corrected chi connectivity index (χ4v) is 3.29. The molecule has 3 aromatic carbocycles. The van der Waals surface area contributed by atoms with Crippen molar-refractivity contribution in [3.8, 4) is 22.8 Å². The number of aromatic nitrogens is 3. The third-order valence-corrected chi connectivity index (χ3v) is 5.13. The maximum atomic E-state index is 12.8. The van der Waals surface area contributed by atoms with E-state index in [1.807, 2.05) is 55.5 Å². The van der Waals surface area contributed by atoms with E-state index in [0.717, 1.165) is 21.3 Å². The second kappa shape index (κ2) is 8.51. The molecule has 0 radical (unpaired) electrons. The van der Waals surface area contributed by atoms with Crippen LogP contribution in [0.15, 0.2) is 77.3 Å². The van der Waals surface area contributed by atoms with E-state index in [-0.39, 0.29) is 11.7 Å². The third-order valence-electron chi connectivity index (χ3n) is 4.60. The molecule has 4 aromatic rings. The molecule has 0 spiro atoms. The Hall–Kier alpha value is -3.45. The average Bonchev–Trinajstić information content (AvgIpc) is 3.20. The molecule has 0 saturated carbocycles. The summed E-state index contributed by atoms with van der Waals surface area (Å²) in [6.45, 7) is 2.00. The van der Waals surface area contributed by atoms with E-state index in [1.54, 1.807) is 36.1 Å². The number of carbonyl (C=O) groups is 1. The van der Waals surface area contributed by atoms with Crippen LogP contribution in [0.5, 0.6) is 5.75 Å². The molecule has 0 saturated heterocycles. The van der Waals surface area contributed by atoms with Gasteiger partial charge in [-0.1, -0.05) is 46.3 Å². The maximum Gasteiger partial charge on any atom is 0.295 e. The quantitative estimate of drug-likeness (QED) is 0.438. The van der Waals surface area contributed by atoms with Crippen LogP contribution in [0.25, 0.3) is 17.1 Å². The number of ether oxygens (including phenoxy) is 1. The molecule has 0 aliphatic rings. The predicted molar refractivity (Wildman–Crippen MR) is 120 cm³/mol. The molecule has 1 amide bonds. The molecular formula is C23H19BrN4O2. The van der Waals surface area contributed by atoms with Gasteiger partial charge in [0.15, 0.2) is 5.82 Å². The van der Waals surface area contributed by atoms with Gasteiger partial charge in [0.2, 0.25) is 5.82 Å². The van der Waals surface area contributed by atoms with Crippen LogP contribution in [0.3, 0.4) is 0 Å². The number of hydrogen-bond donors (Lipinski definition) is 1. The summed E-state index contributed by atoms with van der Waals surface area (Å²) in [5.74, 6) is 1.02. The minimum absolute atomic E-state index is 0.0898. The van der Waals surface area contributed by atoms with Gasteiger partial charge < -0.3 is 10.1 Å². The summed E-state index contributed by atoms with van der Waals surface area (Å²) >= 11 is 3.45. The van der Waals surface area contributed by atoms with Gasteiger partial charge in [-0.2, -0.15) is 0 Å². The highest BCUT2D eigenvalue weighted by atomic mass is 79.9. The lowest BCUT2D eigenvalue weighted by Crippen LogP contribution is -2.14. The predicted octanol–water partition coefficient (Wildman–Crippen LogP) is 5.27. The number of rotatable bonds is 5. The van der Waals surface area contributed by atoms with Crippen molar-refractivity contribution in [1.29, 1.82) is 0 Å². The average molecular weight is 463 g/mol. The highest BCUT2D eigenvalue weighted by Gasteiger charge is 2.19. The van der Waals surface area contributed by atoms with Crippen LogP contribution in [0, 0.1) is 6.92 Å². The summed E-state index contributed by atoms with van der Waals surface area (Å²) in [4.78, 5) is 17.4. The number of hydrogen-bond acceptors (Lipinski definition) is 4. The zero-order chi connectivity index (χ0) is 21.1. The molecule has 1 aromatic heterocycles. The standard InChI is InChI=1S/C23H19BrN4O2/c1-15-5-3-4-6-20(15)28-22(16-7-9-17(24)10-8-16)26-21(27-28)23(29)25-18-11-13-19(30-2)14-12-18/h3-14H,1-2H3,(H,25,29). The number of nitrogens with one attached hydrogen (secondary N) is 1. The van der Waals surface area contributed by atoms with Gasteiger partial charge in [0.05, 0.1) is 12.8 Å². The highest BCUT2D eigenvalue weighted by molar-refractivity contribution is 9.10. The molecule has 30 heavy (non-hydrogen) atoms. The van der Waals surface area contributed by atoms with Gasteiger partial charge in [-0.15, -0.1) is 5.10 Å². The van der Waals surface area contributed by atoms with Crippen LogP contribution in [-0.2, 0) is 0 Å². The summed E-state index contributed by atoms with van der Waals surface area (Å²) in [7, 11) is 1.60. The SMILES string of the molecule is COc1ccc(NC(=O)c2nc(-c3ccc(Br)cc3)n(-c3ccccc3C)n2)cc1. The van der Waals surface area contributed by atoms with Crippen LogP contribution in [0.4, 0.5) is 5.69 Å². The number of aryl methyl sites for hydroxylation is 1. The summed E-state index contributed by atoms with van der Waals surface area (Å²) in [6.07, 6.45) is 0. The van der Waals surface area contributed by atoms with Crippen molar-refractivity contribution in [2.75, 3.05) is 12.4 Å². The second-order valence-corrected chi connectivity index (χ2v) is 7.56. The number of nitrogens with zero attached hydrogens (tertiary/aromatic N) is 3. The Morgan fingerprint density at radius 3 is 2.37 bits per heavy atom. The van der Waals surface area contributed by atoms with Crippen LogP contribution in [0.1, 0.15) is 16.2 Å². The van der Waals surface area contributed by atoms with Crippen molar-refractivity contribution < 1.29 is 9.53 Å². The van der Waals surface area contributed by atoms with E-state index in [4.69, 9.17) is 4.74 Å². The first kappa shape index (κ1) is 19.8. The van der Waals surface area contributed by atoms with E-state index < -0.39 is 0 Å². The van der Waals surface area contributed by atoms with Crippen LogP contribution in [0.2, 0.25) is 0 Å². The highest BCUT2D eigenvalue weighted by Crippen LogP contribution is 2.25. The molecule has 6 nitrogen and oxygen atoms in total. The summed E-state index contributed by atoms with van der Waals surface area (Å²) in [6, 6.07) is 22.7. The number of methoxy groups -OCH3 is 1. The molecule has 0 fully saturated rings. The molecule has 1 heterocycles. The Morgan fingerprint density at radius 1 is 1.00 bits per heavy atom. The molecule has 0 bridgehead atoms. The zero-order valence-corrected chi connectivity index (χ0v) is 18.1. The van der Waals surface area contributed by atoms with E-state index in [1.165, 1.54) is 0 Å². The fraction of sp³-hybridized carbons (Fsp3) is 0.0870. The first-order chi connectivity index (χ1) is 14.5. The van der Waals surface area contributed by atoms with Crippen molar-refractivity contribution in [2.45, 2.75) is 6.92 Å². The van der Waals surface area contributed by atoms with E-state index in [0.29, 0.717) is 17.3 Å². The minimum Gasteiger partial charge on any atom is -0.497 e. The van der Waals surface area contributed by atoms with Gasteiger partial charge in [0, 0.05) is 15.7 Å². The van der Waals surface area contributed by atoms with Crippen molar-refractivity contribution in [2.24, 2.45) is 0 Å².